The van der Waals surface area contributed by atoms with Gasteiger partial charge in [0.15, 0.2) is 0 Å². The molecule has 0 aliphatic rings. The van der Waals surface area contributed by atoms with Crippen LogP contribution in [0.1, 0.15) is 0 Å². The van der Waals surface area contributed by atoms with Crippen molar-refractivity contribution in [2.45, 2.75) is 0 Å². The topological polar surface area (TPSA) is 26.3 Å². The van der Waals surface area contributed by atoms with Gasteiger partial charge in [0, 0.05) is 21.5 Å². The predicted molar refractivity (Wildman–Crippen MR) is 243 cm³/mol. The Kier molecular flexibility index (Phi) is 7.26. The van der Waals surface area contributed by atoms with Crippen molar-refractivity contribution in [3.05, 3.63) is 206 Å². The second-order valence-electron chi connectivity index (χ2n) is 15.2. The summed E-state index contributed by atoms with van der Waals surface area (Å²) in [7, 11) is 0. The summed E-state index contributed by atoms with van der Waals surface area (Å²) in [5, 5.41) is 9.30. The maximum Gasteiger partial charge on any atom is 0.135 e. The van der Waals surface area contributed by atoms with E-state index < -0.39 is 0 Å². The molecule has 0 atom stereocenters. The average molecular weight is 739 g/mol. The lowest BCUT2D eigenvalue weighted by molar-refractivity contribution is 0.668. The van der Waals surface area contributed by atoms with Crippen molar-refractivity contribution in [3.63, 3.8) is 0 Å². The molecule has 270 valence electrons. The zero-order valence-electron chi connectivity index (χ0n) is 31.4. The highest BCUT2D eigenvalue weighted by Gasteiger charge is 2.20. The van der Waals surface area contributed by atoms with E-state index in [1.54, 1.807) is 0 Å². The SMILES string of the molecule is c1ccc(-c2ccc(-c3ccccc3)c(-c3c4cccc(-c5ccc6oc7ccccc7c6c5)c4cc4c(-c5ccc6oc7ccccc7c6c5)cccc34)c2)cc1. The molecule has 0 fully saturated rings. The lowest BCUT2D eigenvalue weighted by Gasteiger charge is -2.20. The van der Waals surface area contributed by atoms with Crippen LogP contribution in [-0.4, -0.2) is 0 Å². The van der Waals surface area contributed by atoms with Crippen molar-refractivity contribution in [2.24, 2.45) is 0 Å². The summed E-state index contributed by atoms with van der Waals surface area (Å²) >= 11 is 0. The van der Waals surface area contributed by atoms with Gasteiger partial charge in [-0.25, -0.2) is 0 Å². The molecule has 0 bridgehead atoms. The Morgan fingerprint density at radius 2 is 0.672 bits per heavy atom. The lowest BCUT2D eigenvalue weighted by Crippen LogP contribution is -1.93. The van der Waals surface area contributed by atoms with Gasteiger partial charge in [0.2, 0.25) is 0 Å². The lowest BCUT2D eigenvalue weighted by atomic mass is 9.83. The van der Waals surface area contributed by atoms with Gasteiger partial charge in [-0.05, 0) is 126 Å². The summed E-state index contributed by atoms with van der Waals surface area (Å²) in [6.07, 6.45) is 0. The van der Waals surface area contributed by atoms with Crippen molar-refractivity contribution in [3.8, 4) is 55.6 Å². The van der Waals surface area contributed by atoms with E-state index in [0.29, 0.717) is 0 Å². The molecule has 58 heavy (non-hydrogen) atoms. The Morgan fingerprint density at radius 3 is 1.24 bits per heavy atom. The maximum absolute atomic E-state index is 6.28. The summed E-state index contributed by atoms with van der Waals surface area (Å²) in [5.41, 5.74) is 15.4. The van der Waals surface area contributed by atoms with Crippen molar-refractivity contribution < 1.29 is 8.83 Å². The second-order valence-corrected chi connectivity index (χ2v) is 15.2. The highest BCUT2D eigenvalue weighted by molar-refractivity contribution is 6.21. The van der Waals surface area contributed by atoms with Crippen LogP contribution in [-0.2, 0) is 0 Å². The van der Waals surface area contributed by atoms with Crippen molar-refractivity contribution in [2.75, 3.05) is 0 Å². The smallest absolute Gasteiger partial charge is 0.135 e. The number of hydrogen-bond donors (Lipinski definition) is 0. The fourth-order valence-corrected chi connectivity index (χ4v) is 9.18. The maximum atomic E-state index is 6.28. The molecule has 0 saturated heterocycles. The third-order valence-corrected chi connectivity index (χ3v) is 11.9. The van der Waals surface area contributed by atoms with Gasteiger partial charge in [0.05, 0.1) is 0 Å². The van der Waals surface area contributed by atoms with Crippen LogP contribution >= 0.6 is 0 Å². The first-order chi connectivity index (χ1) is 28.7. The van der Waals surface area contributed by atoms with Crippen molar-refractivity contribution in [1.29, 1.82) is 0 Å². The minimum Gasteiger partial charge on any atom is -0.456 e. The van der Waals surface area contributed by atoms with Gasteiger partial charge in [0.1, 0.15) is 22.3 Å². The fourth-order valence-electron chi connectivity index (χ4n) is 9.18. The Balaban J connectivity index is 1.20. The summed E-state index contributed by atoms with van der Waals surface area (Å²) in [4.78, 5) is 0. The molecule has 0 aliphatic carbocycles. The molecule has 2 heterocycles. The Morgan fingerprint density at radius 1 is 0.207 bits per heavy atom. The highest BCUT2D eigenvalue weighted by atomic mass is 16.3. The number of rotatable bonds is 5. The molecule has 0 unspecified atom stereocenters. The van der Waals surface area contributed by atoms with Crippen LogP contribution in [0.2, 0.25) is 0 Å². The number of benzene rings is 10. The van der Waals surface area contributed by atoms with Crippen LogP contribution in [0, 0.1) is 0 Å². The molecule has 12 aromatic rings. The normalized spacial score (nSPS) is 11.8. The van der Waals surface area contributed by atoms with Gasteiger partial charge >= 0.3 is 0 Å². The molecule has 0 aliphatic heterocycles. The van der Waals surface area contributed by atoms with Gasteiger partial charge in [-0.3, -0.25) is 0 Å². The highest BCUT2D eigenvalue weighted by Crippen LogP contribution is 2.47. The van der Waals surface area contributed by atoms with Gasteiger partial charge in [-0.2, -0.15) is 0 Å². The zero-order chi connectivity index (χ0) is 38.2. The van der Waals surface area contributed by atoms with E-state index in [1.807, 2.05) is 24.3 Å². The third-order valence-electron chi connectivity index (χ3n) is 11.9. The standard InChI is InChI=1S/C56H34O2/c1-3-13-35(14-4-1)37-25-28-42(36-15-5-2-6-16-36)51(31-37)56-45-21-11-19-40(38-26-29-54-49(32-38)43-17-7-9-23-52(43)57-54)47(45)34-48-41(20-12-22-46(48)56)39-27-30-55-50(33-39)44-18-8-10-24-53(44)58-55/h1-34H. The minimum absolute atomic E-state index is 0.894. The summed E-state index contributed by atoms with van der Waals surface area (Å²) in [6.45, 7) is 0. The Bertz CT molecular complexity index is 3380. The monoisotopic (exact) mass is 738 g/mol. The number of furan rings is 2. The first kappa shape index (κ1) is 32.6. The summed E-state index contributed by atoms with van der Waals surface area (Å²) < 4.78 is 12.6. The minimum atomic E-state index is 0.894. The van der Waals surface area contributed by atoms with Crippen LogP contribution in [0.5, 0.6) is 0 Å². The first-order valence-electron chi connectivity index (χ1n) is 19.8. The zero-order valence-corrected chi connectivity index (χ0v) is 31.4. The van der Waals surface area contributed by atoms with Crippen LogP contribution in [0.4, 0.5) is 0 Å². The van der Waals surface area contributed by atoms with E-state index in [2.05, 4.69) is 182 Å². The van der Waals surface area contributed by atoms with E-state index in [-0.39, 0.29) is 0 Å². The van der Waals surface area contributed by atoms with Crippen LogP contribution in [0.15, 0.2) is 215 Å². The largest absolute Gasteiger partial charge is 0.456 e. The molecule has 10 aromatic carbocycles. The Labute approximate surface area is 334 Å². The molecule has 0 saturated carbocycles. The fraction of sp³-hybridized carbons (Fsp3) is 0. The van der Waals surface area contributed by atoms with Crippen LogP contribution < -0.4 is 0 Å². The van der Waals surface area contributed by atoms with Gasteiger partial charge in [-0.1, -0.05) is 158 Å². The van der Waals surface area contributed by atoms with E-state index in [4.69, 9.17) is 8.83 Å². The van der Waals surface area contributed by atoms with E-state index >= 15 is 0 Å². The van der Waals surface area contributed by atoms with Gasteiger partial charge in [-0.15, -0.1) is 0 Å². The van der Waals surface area contributed by atoms with E-state index in [1.165, 1.54) is 66.1 Å². The van der Waals surface area contributed by atoms with Gasteiger partial charge < -0.3 is 8.83 Å². The van der Waals surface area contributed by atoms with Crippen molar-refractivity contribution in [1.82, 2.24) is 0 Å². The quantitative estimate of drug-likeness (QED) is 0.164. The molecule has 0 amide bonds. The Hall–Kier alpha value is -7.68. The van der Waals surface area contributed by atoms with E-state index in [9.17, 15) is 0 Å². The molecule has 2 nitrogen and oxygen atoms in total. The number of hydrogen-bond acceptors (Lipinski definition) is 2. The molecular formula is C56H34O2. The second kappa shape index (κ2) is 12.9. The number of para-hydroxylation sites is 2. The first-order valence-corrected chi connectivity index (χ1v) is 19.8. The third kappa shape index (κ3) is 5.12. The number of fused-ring (bicyclic) bond motifs is 8. The van der Waals surface area contributed by atoms with Crippen LogP contribution in [0.3, 0.4) is 0 Å². The average Bonchev–Trinajstić information content (AvgIpc) is 3.86. The van der Waals surface area contributed by atoms with Gasteiger partial charge in [0.25, 0.3) is 0 Å². The molecule has 2 aromatic heterocycles. The predicted octanol–water partition coefficient (Wildman–Crippen LogP) is 16.1. The molecule has 12 rings (SSSR count). The molecule has 0 N–H and O–H groups in total. The molecular weight excluding hydrogens is 705 g/mol. The molecule has 0 radical (unpaired) electrons. The summed E-state index contributed by atoms with van der Waals surface area (Å²) in [5.74, 6) is 0. The van der Waals surface area contributed by atoms with Crippen molar-refractivity contribution >= 4 is 65.4 Å². The van der Waals surface area contributed by atoms with E-state index in [0.717, 1.165) is 55.0 Å². The molecule has 2 heteroatoms. The molecule has 0 spiro atoms. The van der Waals surface area contributed by atoms with Crippen LogP contribution in [0.25, 0.3) is 121 Å². The summed E-state index contributed by atoms with van der Waals surface area (Å²) in [6, 6.07) is 74.4.